The summed E-state index contributed by atoms with van der Waals surface area (Å²) < 4.78 is 5.38. The highest BCUT2D eigenvalue weighted by atomic mass is 32.2. The van der Waals surface area contributed by atoms with Crippen LogP contribution in [0, 0.1) is 6.92 Å². The minimum absolute atomic E-state index is 0.613. The normalized spacial score (nSPS) is 10.6. The van der Waals surface area contributed by atoms with E-state index in [1.807, 2.05) is 36.0 Å². The van der Waals surface area contributed by atoms with Gasteiger partial charge in [-0.1, -0.05) is 24.3 Å². The van der Waals surface area contributed by atoms with Crippen LogP contribution in [0.2, 0.25) is 0 Å². The monoisotopic (exact) mass is 397 g/mol. The summed E-state index contributed by atoms with van der Waals surface area (Å²) in [5, 5.41) is 8.14. The highest BCUT2D eigenvalue weighted by molar-refractivity contribution is 7.98. The van der Waals surface area contributed by atoms with Crippen molar-refractivity contribution in [2.45, 2.75) is 12.7 Å². The van der Waals surface area contributed by atoms with E-state index in [4.69, 9.17) is 17.0 Å². The van der Waals surface area contributed by atoms with Gasteiger partial charge in [-0.25, -0.2) is 0 Å². The first-order chi connectivity index (χ1) is 13.2. The van der Waals surface area contributed by atoms with Gasteiger partial charge in [-0.05, 0) is 54.5 Å². The molecular weight excluding hydrogens is 374 g/mol. The molecule has 2 N–H and O–H groups in total. The second-order valence-electron chi connectivity index (χ2n) is 6.07. The van der Waals surface area contributed by atoms with Gasteiger partial charge >= 0.3 is 0 Å². The molecule has 1 heterocycles. The highest BCUT2D eigenvalue weighted by Gasteiger charge is 2.08. The van der Waals surface area contributed by atoms with Gasteiger partial charge < -0.3 is 15.4 Å². The number of nitrogens with zero attached hydrogens (tertiary/aromatic N) is 1. The summed E-state index contributed by atoms with van der Waals surface area (Å²) >= 11 is 7.34. The van der Waals surface area contributed by atoms with Crippen LogP contribution < -0.4 is 15.4 Å². The lowest BCUT2D eigenvalue weighted by molar-refractivity contribution is 0.419. The van der Waals surface area contributed by atoms with E-state index in [1.165, 1.54) is 11.1 Å². The fraction of sp³-hybridized carbons (Fsp3) is 0.238. The van der Waals surface area contributed by atoms with E-state index < -0.39 is 0 Å². The van der Waals surface area contributed by atoms with Crippen molar-refractivity contribution >= 4 is 45.7 Å². The van der Waals surface area contributed by atoms with E-state index >= 15 is 0 Å². The van der Waals surface area contributed by atoms with Gasteiger partial charge in [-0.3, -0.25) is 4.98 Å². The van der Waals surface area contributed by atoms with Crippen LogP contribution in [-0.2, 0) is 5.75 Å². The van der Waals surface area contributed by atoms with Crippen molar-refractivity contribution in [3.05, 3.63) is 65.9 Å². The summed E-state index contributed by atoms with van der Waals surface area (Å²) in [7, 11) is 1.65. The number of fused-ring (bicyclic) bond motifs is 1. The molecule has 0 fully saturated rings. The molecule has 0 saturated heterocycles. The van der Waals surface area contributed by atoms with Gasteiger partial charge in [0.05, 0.1) is 7.11 Å². The maximum absolute atomic E-state index is 5.44. The van der Waals surface area contributed by atoms with E-state index in [9.17, 15) is 0 Å². The van der Waals surface area contributed by atoms with Crippen molar-refractivity contribution in [1.82, 2.24) is 10.3 Å². The van der Waals surface area contributed by atoms with Gasteiger partial charge in [0.1, 0.15) is 11.3 Å². The summed E-state index contributed by atoms with van der Waals surface area (Å²) in [6, 6.07) is 16.3. The molecule has 27 heavy (non-hydrogen) atoms. The molecule has 0 aliphatic rings. The van der Waals surface area contributed by atoms with E-state index in [0.717, 1.165) is 40.4 Å². The summed E-state index contributed by atoms with van der Waals surface area (Å²) in [6.07, 6.45) is 1.76. The van der Waals surface area contributed by atoms with Gasteiger partial charge in [-0.15, -0.1) is 0 Å². The van der Waals surface area contributed by atoms with Crippen LogP contribution in [0.25, 0.3) is 10.9 Å². The lowest BCUT2D eigenvalue weighted by Gasteiger charge is -2.14. The molecule has 6 heteroatoms. The van der Waals surface area contributed by atoms with Crippen LogP contribution in [0.15, 0.2) is 54.7 Å². The predicted molar refractivity (Wildman–Crippen MR) is 120 cm³/mol. The number of aryl methyl sites for hydroxylation is 1. The number of hydrogen-bond acceptors (Lipinski definition) is 4. The number of benzene rings is 2. The van der Waals surface area contributed by atoms with Crippen molar-refractivity contribution in [2.75, 3.05) is 24.7 Å². The number of thiocarbonyl (C=S) groups is 1. The van der Waals surface area contributed by atoms with E-state index in [-0.39, 0.29) is 0 Å². The number of rotatable bonds is 7. The highest BCUT2D eigenvalue weighted by Crippen LogP contribution is 2.29. The van der Waals surface area contributed by atoms with Crippen molar-refractivity contribution in [3.8, 4) is 5.75 Å². The van der Waals surface area contributed by atoms with E-state index in [0.29, 0.717) is 5.11 Å². The molecule has 0 atom stereocenters. The Labute approximate surface area is 169 Å². The number of nitrogens with one attached hydrogen (secondary N) is 2. The lowest BCUT2D eigenvalue weighted by atomic mass is 10.1. The maximum atomic E-state index is 5.44. The number of anilines is 1. The van der Waals surface area contributed by atoms with E-state index in [1.54, 1.807) is 13.3 Å². The Morgan fingerprint density at radius 1 is 1.15 bits per heavy atom. The quantitative estimate of drug-likeness (QED) is 0.442. The van der Waals surface area contributed by atoms with Crippen molar-refractivity contribution in [2.24, 2.45) is 0 Å². The zero-order valence-corrected chi connectivity index (χ0v) is 17.1. The van der Waals surface area contributed by atoms with E-state index in [2.05, 4.69) is 46.8 Å². The molecule has 0 spiro atoms. The first kappa shape index (κ1) is 19.5. The summed E-state index contributed by atoms with van der Waals surface area (Å²) in [6.45, 7) is 2.97. The van der Waals surface area contributed by atoms with Crippen LogP contribution in [0.5, 0.6) is 5.75 Å². The Balaban J connectivity index is 1.50. The molecule has 2 aromatic carbocycles. The van der Waals surface area contributed by atoms with Gasteiger partial charge in [0.2, 0.25) is 0 Å². The Kier molecular flexibility index (Phi) is 6.90. The molecule has 0 unspecified atom stereocenters. The molecule has 3 rings (SSSR count). The third kappa shape index (κ3) is 5.11. The zero-order chi connectivity index (χ0) is 19.1. The lowest BCUT2D eigenvalue weighted by Crippen LogP contribution is -2.30. The Morgan fingerprint density at radius 3 is 2.81 bits per heavy atom. The van der Waals surface area contributed by atoms with Gasteiger partial charge in [0.15, 0.2) is 5.11 Å². The number of thioether (sulfide) groups is 1. The largest absolute Gasteiger partial charge is 0.494 e. The first-order valence-electron chi connectivity index (χ1n) is 8.78. The average Bonchev–Trinajstić information content (AvgIpc) is 2.69. The second kappa shape index (κ2) is 9.58. The van der Waals surface area contributed by atoms with Crippen LogP contribution in [-0.4, -0.2) is 29.5 Å². The topological polar surface area (TPSA) is 46.2 Å². The second-order valence-corrected chi connectivity index (χ2v) is 7.59. The van der Waals surface area contributed by atoms with Crippen LogP contribution in [0.1, 0.15) is 11.1 Å². The smallest absolute Gasteiger partial charge is 0.170 e. The summed E-state index contributed by atoms with van der Waals surface area (Å²) in [4.78, 5) is 4.41. The van der Waals surface area contributed by atoms with Gasteiger partial charge in [-0.2, -0.15) is 11.8 Å². The molecule has 1 aromatic heterocycles. The number of aromatic nitrogens is 1. The standard InChI is InChI=1S/C21H23N3OS2/c1-15-6-3-4-7-16(15)14-27-13-12-23-21(26)24-18-9-10-19(25-2)20-17(18)8-5-11-22-20/h3-11H,12-14H2,1-2H3,(H2,23,24,26). The number of hydrogen-bond donors (Lipinski definition) is 2. The molecular formula is C21H23N3OS2. The minimum atomic E-state index is 0.613. The fourth-order valence-corrected chi connectivity index (χ4v) is 3.92. The number of ether oxygens (including phenoxy) is 1. The molecule has 0 saturated carbocycles. The van der Waals surface area contributed by atoms with Crippen molar-refractivity contribution in [1.29, 1.82) is 0 Å². The molecule has 4 nitrogen and oxygen atoms in total. The average molecular weight is 398 g/mol. The Hall–Kier alpha value is -2.31. The van der Waals surface area contributed by atoms with Gasteiger partial charge in [0, 0.05) is 35.3 Å². The SMILES string of the molecule is COc1ccc(NC(=S)NCCSCc2ccccc2C)c2cccnc12. The predicted octanol–water partition coefficient (Wildman–Crippen LogP) is 4.77. The minimum Gasteiger partial charge on any atom is -0.494 e. The Morgan fingerprint density at radius 2 is 2.00 bits per heavy atom. The molecule has 0 bridgehead atoms. The zero-order valence-electron chi connectivity index (χ0n) is 15.5. The molecule has 0 radical (unpaired) electrons. The third-order valence-electron chi connectivity index (χ3n) is 4.25. The van der Waals surface area contributed by atoms with Crippen LogP contribution >= 0.6 is 24.0 Å². The van der Waals surface area contributed by atoms with Crippen LogP contribution in [0.3, 0.4) is 0 Å². The van der Waals surface area contributed by atoms with Crippen LogP contribution in [0.4, 0.5) is 5.69 Å². The van der Waals surface area contributed by atoms with Crippen molar-refractivity contribution in [3.63, 3.8) is 0 Å². The number of pyridine rings is 1. The van der Waals surface area contributed by atoms with Crippen molar-refractivity contribution < 1.29 is 4.74 Å². The fourth-order valence-electron chi connectivity index (χ4n) is 2.78. The number of methoxy groups -OCH3 is 1. The first-order valence-corrected chi connectivity index (χ1v) is 10.3. The molecule has 0 aliphatic carbocycles. The van der Waals surface area contributed by atoms with Gasteiger partial charge in [0.25, 0.3) is 0 Å². The maximum Gasteiger partial charge on any atom is 0.170 e. The summed E-state index contributed by atoms with van der Waals surface area (Å²) in [5.41, 5.74) is 4.47. The summed E-state index contributed by atoms with van der Waals surface area (Å²) in [5.74, 6) is 2.76. The molecule has 0 amide bonds. The molecule has 0 aliphatic heterocycles. The Bertz CT molecular complexity index is 930. The molecule has 3 aromatic rings. The third-order valence-corrected chi connectivity index (χ3v) is 5.51. The molecule has 140 valence electrons.